The largest absolute Gasteiger partial charge is 0.354 e. The van der Waals surface area contributed by atoms with Crippen LogP contribution in [0.1, 0.15) is 63.5 Å². The summed E-state index contributed by atoms with van der Waals surface area (Å²) < 4.78 is 0. The summed E-state index contributed by atoms with van der Waals surface area (Å²) in [4.78, 5) is 18.2. The Morgan fingerprint density at radius 2 is 2.00 bits per heavy atom. The molecule has 0 bridgehead atoms. The van der Waals surface area contributed by atoms with Gasteiger partial charge in [0.05, 0.1) is 0 Å². The Morgan fingerprint density at radius 3 is 2.63 bits per heavy atom. The van der Waals surface area contributed by atoms with Crippen molar-refractivity contribution in [1.29, 1.82) is 0 Å². The predicted molar refractivity (Wildman–Crippen MR) is 123 cm³/mol. The molecule has 1 fully saturated rings. The summed E-state index contributed by atoms with van der Waals surface area (Å²) in [5, 5.41) is 6.89. The first-order chi connectivity index (χ1) is 12.6. The van der Waals surface area contributed by atoms with E-state index in [1.54, 1.807) is 0 Å². The van der Waals surface area contributed by atoms with Crippen LogP contribution in [0.4, 0.5) is 0 Å². The second kappa shape index (κ2) is 13.0. The monoisotopic (exact) mass is 486 g/mol. The van der Waals surface area contributed by atoms with Crippen molar-refractivity contribution in [3.63, 3.8) is 0 Å². The normalized spacial score (nSPS) is 15.4. The van der Waals surface area contributed by atoms with Gasteiger partial charge in [-0.15, -0.1) is 24.0 Å². The summed E-state index contributed by atoms with van der Waals surface area (Å²) in [5.74, 6) is 1.10. The Hall–Kier alpha value is -1.31. The van der Waals surface area contributed by atoms with Crippen LogP contribution in [0.25, 0.3) is 0 Å². The molecule has 0 aliphatic carbocycles. The molecule has 1 saturated heterocycles. The average Bonchev–Trinajstić information content (AvgIpc) is 3.04. The molecule has 1 amide bonds. The Morgan fingerprint density at radius 1 is 1.26 bits per heavy atom. The molecule has 2 N–H and O–H groups in total. The van der Waals surface area contributed by atoms with Crippen molar-refractivity contribution in [1.82, 2.24) is 15.5 Å². The van der Waals surface area contributed by atoms with Gasteiger partial charge in [-0.2, -0.15) is 0 Å². The molecule has 152 valence electrons. The number of carbonyl (C=O) groups excluding carboxylic acids is 1. The van der Waals surface area contributed by atoms with Crippen molar-refractivity contribution in [2.24, 2.45) is 4.99 Å². The number of nitrogens with zero attached hydrogens (tertiary/aromatic N) is 2. The topological polar surface area (TPSA) is 56.7 Å². The maximum Gasteiger partial charge on any atom is 0.222 e. The number of unbranched alkanes of at least 4 members (excludes halogenated alkanes) is 2. The van der Waals surface area contributed by atoms with E-state index in [0.29, 0.717) is 25.6 Å². The smallest absolute Gasteiger partial charge is 0.222 e. The van der Waals surface area contributed by atoms with E-state index in [2.05, 4.69) is 47.7 Å². The molecule has 0 spiro atoms. The fraction of sp³-hybridized carbons (Fsp3) is 0.619. The van der Waals surface area contributed by atoms with Crippen LogP contribution in [-0.4, -0.2) is 36.4 Å². The first-order valence-electron chi connectivity index (χ1n) is 9.95. The van der Waals surface area contributed by atoms with Gasteiger partial charge in [0.2, 0.25) is 5.91 Å². The van der Waals surface area contributed by atoms with Gasteiger partial charge >= 0.3 is 0 Å². The number of benzene rings is 1. The predicted octanol–water partition coefficient (Wildman–Crippen LogP) is 4.06. The molecule has 1 aliphatic heterocycles. The van der Waals surface area contributed by atoms with Gasteiger partial charge in [-0.05, 0) is 30.9 Å². The third kappa shape index (κ3) is 8.07. The van der Waals surface area contributed by atoms with Crippen molar-refractivity contribution in [2.45, 2.75) is 71.5 Å². The molecule has 0 aromatic heterocycles. The second-order valence-electron chi connectivity index (χ2n) is 7.15. The zero-order valence-electron chi connectivity index (χ0n) is 17.0. The Bertz CT molecular complexity index is 606. The van der Waals surface area contributed by atoms with E-state index < -0.39 is 0 Å². The molecule has 1 aromatic rings. The van der Waals surface area contributed by atoms with Crippen molar-refractivity contribution in [3.05, 3.63) is 35.4 Å². The van der Waals surface area contributed by atoms with Crippen molar-refractivity contribution in [3.8, 4) is 0 Å². The number of hydrogen-bond donors (Lipinski definition) is 2. The number of rotatable bonds is 9. The van der Waals surface area contributed by atoms with E-state index in [4.69, 9.17) is 0 Å². The first-order valence-corrected chi connectivity index (χ1v) is 9.95. The second-order valence-corrected chi connectivity index (χ2v) is 7.15. The van der Waals surface area contributed by atoms with Crippen LogP contribution in [-0.2, 0) is 17.9 Å². The van der Waals surface area contributed by atoms with Crippen LogP contribution < -0.4 is 10.6 Å². The van der Waals surface area contributed by atoms with Crippen LogP contribution in [0.2, 0.25) is 0 Å². The highest BCUT2D eigenvalue weighted by atomic mass is 127. The van der Waals surface area contributed by atoms with Gasteiger partial charge in [-0.1, -0.05) is 50.5 Å². The van der Waals surface area contributed by atoms with Gasteiger partial charge in [0.1, 0.15) is 0 Å². The average molecular weight is 486 g/mol. The Kier molecular flexibility index (Phi) is 11.4. The van der Waals surface area contributed by atoms with Gasteiger partial charge < -0.3 is 15.5 Å². The van der Waals surface area contributed by atoms with E-state index in [1.807, 2.05) is 18.0 Å². The highest BCUT2D eigenvalue weighted by Gasteiger charge is 2.20. The highest BCUT2D eigenvalue weighted by Crippen LogP contribution is 2.17. The van der Waals surface area contributed by atoms with Crippen molar-refractivity contribution in [2.75, 3.05) is 13.6 Å². The lowest BCUT2D eigenvalue weighted by Gasteiger charge is -2.20. The summed E-state index contributed by atoms with van der Waals surface area (Å²) in [5.41, 5.74) is 2.43. The molecule has 5 nitrogen and oxygen atoms in total. The standard InChI is InChI=1S/C21H34N4O.HI/c1-4-5-6-10-17(2)24-21(22-3)23-15-18-11-7-8-12-19(18)16-25-14-9-13-20(25)26;/h7-8,11-12,17H,4-6,9-10,13-16H2,1-3H3,(H2,22,23,24);1H. The first kappa shape index (κ1) is 23.7. The fourth-order valence-electron chi connectivity index (χ4n) is 3.34. The molecule has 1 atom stereocenters. The maximum absolute atomic E-state index is 11.9. The molecular formula is C21H35IN4O. The molecule has 6 heteroatoms. The van der Waals surface area contributed by atoms with Gasteiger partial charge in [-0.25, -0.2) is 0 Å². The van der Waals surface area contributed by atoms with Gasteiger partial charge in [0.15, 0.2) is 5.96 Å². The van der Waals surface area contributed by atoms with Crippen LogP contribution in [0.3, 0.4) is 0 Å². The molecule has 1 aromatic carbocycles. The lowest BCUT2D eigenvalue weighted by molar-refractivity contribution is -0.128. The van der Waals surface area contributed by atoms with Gasteiger partial charge in [-0.3, -0.25) is 9.79 Å². The molecule has 2 rings (SSSR count). The molecule has 0 saturated carbocycles. The van der Waals surface area contributed by atoms with E-state index in [-0.39, 0.29) is 29.9 Å². The molecular weight excluding hydrogens is 451 g/mol. The third-order valence-corrected chi connectivity index (χ3v) is 4.94. The molecule has 27 heavy (non-hydrogen) atoms. The zero-order valence-corrected chi connectivity index (χ0v) is 19.3. The SMILES string of the molecule is CCCCCC(C)NC(=NC)NCc1ccccc1CN1CCCC1=O.I. The minimum absolute atomic E-state index is 0. The lowest BCUT2D eigenvalue weighted by atomic mass is 10.1. The summed E-state index contributed by atoms with van der Waals surface area (Å²) in [6.07, 6.45) is 6.59. The summed E-state index contributed by atoms with van der Waals surface area (Å²) in [7, 11) is 1.81. The molecule has 1 unspecified atom stereocenters. The zero-order chi connectivity index (χ0) is 18.8. The van der Waals surface area contributed by atoms with Crippen LogP contribution in [0, 0.1) is 0 Å². The summed E-state index contributed by atoms with van der Waals surface area (Å²) in [6, 6.07) is 8.75. The van der Waals surface area contributed by atoms with Crippen molar-refractivity contribution < 1.29 is 4.79 Å². The van der Waals surface area contributed by atoms with Crippen LogP contribution >= 0.6 is 24.0 Å². The minimum atomic E-state index is 0. The maximum atomic E-state index is 11.9. The molecule has 0 radical (unpaired) electrons. The minimum Gasteiger partial charge on any atom is -0.354 e. The molecule has 1 aliphatic rings. The highest BCUT2D eigenvalue weighted by molar-refractivity contribution is 14.0. The fourth-order valence-corrected chi connectivity index (χ4v) is 3.34. The number of aliphatic imine (C=N–C) groups is 1. The van der Waals surface area contributed by atoms with E-state index >= 15 is 0 Å². The molecule has 1 heterocycles. The summed E-state index contributed by atoms with van der Waals surface area (Å²) in [6.45, 7) is 6.72. The number of hydrogen-bond acceptors (Lipinski definition) is 2. The van der Waals surface area contributed by atoms with E-state index in [0.717, 1.165) is 25.3 Å². The number of guanidine groups is 1. The number of carbonyl (C=O) groups is 1. The van der Waals surface area contributed by atoms with Crippen LogP contribution in [0.5, 0.6) is 0 Å². The number of amides is 1. The van der Waals surface area contributed by atoms with Crippen molar-refractivity contribution >= 4 is 35.8 Å². The summed E-state index contributed by atoms with van der Waals surface area (Å²) >= 11 is 0. The van der Waals surface area contributed by atoms with E-state index in [1.165, 1.54) is 30.4 Å². The lowest BCUT2D eigenvalue weighted by Crippen LogP contribution is -2.42. The van der Waals surface area contributed by atoms with Gasteiger partial charge in [0, 0.05) is 39.1 Å². The Balaban J connectivity index is 0.00000364. The number of likely N-dealkylation sites (tertiary alicyclic amines) is 1. The number of halogens is 1. The van der Waals surface area contributed by atoms with Crippen LogP contribution in [0.15, 0.2) is 29.3 Å². The quantitative estimate of drug-likeness (QED) is 0.240. The third-order valence-electron chi connectivity index (χ3n) is 4.94. The van der Waals surface area contributed by atoms with Gasteiger partial charge in [0.25, 0.3) is 0 Å². The Labute approximate surface area is 181 Å². The number of nitrogens with one attached hydrogen (secondary N) is 2. The van der Waals surface area contributed by atoms with E-state index in [9.17, 15) is 4.79 Å².